The van der Waals surface area contributed by atoms with E-state index in [0.29, 0.717) is 16.5 Å². The van der Waals surface area contributed by atoms with Crippen molar-refractivity contribution in [3.05, 3.63) is 88.9 Å². The van der Waals surface area contributed by atoms with Gasteiger partial charge in [-0.05, 0) is 67.9 Å². The molecule has 33 heavy (non-hydrogen) atoms. The molecule has 170 valence electrons. The number of thioether (sulfide) groups is 1. The molecule has 2 amide bonds. The number of anilines is 1. The van der Waals surface area contributed by atoms with E-state index in [9.17, 15) is 9.59 Å². The number of benzene rings is 3. The van der Waals surface area contributed by atoms with Gasteiger partial charge in [-0.3, -0.25) is 9.59 Å². The molecule has 3 aromatic rings. The Bertz CT molecular complexity index is 1120. The maximum Gasteiger partial charge on any atom is 0.262 e. The number of ether oxygens (including phenoxy) is 1. The third kappa shape index (κ3) is 7.97. The van der Waals surface area contributed by atoms with Gasteiger partial charge in [-0.25, -0.2) is 5.43 Å². The molecule has 1 atom stereocenters. The van der Waals surface area contributed by atoms with Crippen molar-refractivity contribution in [3.63, 3.8) is 0 Å². The summed E-state index contributed by atoms with van der Waals surface area (Å²) in [7, 11) is 0. The Hall–Kier alpha value is -3.29. The molecule has 0 bridgehead atoms. The predicted octanol–water partition coefficient (Wildman–Crippen LogP) is 5.30. The van der Waals surface area contributed by atoms with Crippen LogP contribution in [0.1, 0.15) is 18.1 Å². The molecular formula is C25H24ClN3O3S. The Morgan fingerprint density at radius 2 is 1.76 bits per heavy atom. The second-order valence-corrected chi connectivity index (χ2v) is 9.01. The molecule has 0 aliphatic rings. The van der Waals surface area contributed by atoms with Gasteiger partial charge in [-0.1, -0.05) is 41.4 Å². The first kappa shape index (κ1) is 24.4. The zero-order valence-corrected chi connectivity index (χ0v) is 19.8. The van der Waals surface area contributed by atoms with Crippen molar-refractivity contribution in [1.82, 2.24) is 5.43 Å². The van der Waals surface area contributed by atoms with Gasteiger partial charge in [0, 0.05) is 4.90 Å². The maximum absolute atomic E-state index is 12.2. The van der Waals surface area contributed by atoms with Crippen LogP contribution in [0.25, 0.3) is 0 Å². The number of rotatable bonds is 9. The monoisotopic (exact) mass is 481 g/mol. The molecule has 0 aliphatic carbocycles. The fourth-order valence-corrected chi connectivity index (χ4v) is 3.73. The Morgan fingerprint density at radius 3 is 2.45 bits per heavy atom. The van der Waals surface area contributed by atoms with Crippen LogP contribution in [0.5, 0.6) is 5.75 Å². The summed E-state index contributed by atoms with van der Waals surface area (Å²) in [5.41, 5.74) is 5.05. The van der Waals surface area contributed by atoms with Crippen LogP contribution < -0.4 is 15.5 Å². The molecule has 3 rings (SSSR count). The van der Waals surface area contributed by atoms with Crippen molar-refractivity contribution >= 4 is 47.1 Å². The average Bonchev–Trinajstić information content (AvgIpc) is 2.81. The summed E-state index contributed by atoms with van der Waals surface area (Å²) in [6, 6.07) is 22.0. The van der Waals surface area contributed by atoms with E-state index in [0.717, 1.165) is 10.5 Å². The lowest BCUT2D eigenvalue weighted by atomic mass is 10.2. The number of amides is 2. The number of hydrogen-bond donors (Lipinski definition) is 2. The molecular weight excluding hydrogens is 458 g/mol. The normalized spacial score (nSPS) is 11.7. The number of para-hydroxylation sites is 1. The highest BCUT2D eigenvalue weighted by Gasteiger charge is 2.13. The minimum absolute atomic E-state index is 0.148. The number of carbonyl (C=O) groups is 2. The molecule has 0 fully saturated rings. The summed E-state index contributed by atoms with van der Waals surface area (Å²) in [4.78, 5) is 25.3. The number of aryl methyl sites for hydroxylation is 1. The van der Waals surface area contributed by atoms with Gasteiger partial charge in [0.1, 0.15) is 5.75 Å². The van der Waals surface area contributed by atoms with Gasteiger partial charge < -0.3 is 10.1 Å². The molecule has 6 nitrogen and oxygen atoms in total. The zero-order valence-electron chi connectivity index (χ0n) is 18.2. The first-order chi connectivity index (χ1) is 15.9. The molecule has 3 aromatic carbocycles. The fourth-order valence-electron chi connectivity index (χ4n) is 2.68. The van der Waals surface area contributed by atoms with Gasteiger partial charge in [-0.15, -0.1) is 11.8 Å². The molecule has 0 unspecified atom stereocenters. The Kier molecular flexibility index (Phi) is 8.92. The van der Waals surface area contributed by atoms with Gasteiger partial charge in [0.15, 0.2) is 6.61 Å². The van der Waals surface area contributed by atoms with Crippen molar-refractivity contribution in [1.29, 1.82) is 0 Å². The molecule has 0 aliphatic heterocycles. The van der Waals surface area contributed by atoms with E-state index in [4.69, 9.17) is 16.3 Å². The van der Waals surface area contributed by atoms with Crippen molar-refractivity contribution in [3.8, 4) is 5.75 Å². The van der Waals surface area contributed by atoms with Crippen LogP contribution in [0.15, 0.2) is 82.8 Å². The quantitative estimate of drug-likeness (QED) is 0.247. The summed E-state index contributed by atoms with van der Waals surface area (Å²) in [5, 5.41) is 6.90. The highest BCUT2D eigenvalue weighted by Crippen LogP contribution is 2.23. The van der Waals surface area contributed by atoms with E-state index < -0.39 is 0 Å². The Labute approximate surface area is 202 Å². The standard InChI is InChI=1S/C25H24ClN3O3S/c1-17-7-13-21(14-8-17)33-18(2)25(31)29-27-15-19-9-11-20(12-10-19)32-16-24(30)28-23-6-4-3-5-22(23)26/h3-15,18H,16H2,1-2H3,(H,28,30)(H,29,31)/b27-15-/t18-/m1/s1. The van der Waals surface area contributed by atoms with Crippen molar-refractivity contribution in [2.75, 3.05) is 11.9 Å². The van der Waals surface area contributed by atoms with E-state index in [1.807, 2.05) is 38.1 Å². The molecule has 0 aromatic heterocycles. The molecule has 0 saturated carbocycles. The molecule has 8 heteroatoms. The minimum Gasteiger partial charge on any atom is -0.484 e. The maximum atomic E-state index is 12.2. The summed E-state index contributed by atoms with van der Waals surface area (Å²) in [6.07, 6.45) is 1.55. The first-order valence-corrected chi connectivity index (χ1v) is 11.5. The first-order valence-electron chi connectivity index (χ1n) is 10.2. The number of nitrogens with zero attached hydrogens (tertiary/aromatic N) is 1. The molecule has 2 N–H and O–H groups in total. The van der Waals surface area contributed by atoms with Gasteiger partial charge >= 0.3 is 0 Å². The Balaban J connectivity index is 1.42. The highest BCUT2D eigenvalue weighted by molar-refractivity contribution is 8.00. The fraction of sp³-hybridized carbons (Fsp3) is 0.160. The third-order valence-corrected chi connectivity index (χ3v) is 5.93. The van der Waals surface area contributed by atoms with Crippen LogP contribution in [0.3, 0.4) is 0 Å². The van der Waals surface area contributed by atoms with E-state index in [2.05, 4.69) is 15.8 Å². The van der Waals surface area contributed by atoms with Gasteiger partial charge in [0.25, 0.3) is 11.8 Å². The van der Waals surface area contributed by atoms with Crippen molar-refractivity contribution in [2.24, 2.45) is 5.10 Å². The SMILES string of the molecule is Cc1ccc(S[C@H](C)C(=O)N/N=C\c2ccc(OCC(=O)Nc3ccccc3Cl)cc2)cc1. The zero-order chi connectivity index (χ0) is 23.6. The van der Waals surface area contributed by atoms with Crippen LogP contribution in [0.4, 0.5) is 5.69 Å². The van der Waals surface area contributed by atoms with Crippen LogP contribution >= 0.6 is 23.4 Å². The number of nitrogens with one attached hydrogen (secondary N) is 2. The van der Waals surface area contributed by atoms with E-state index in [1.165, 1.54) is 17.3 Å². The predicted molar refractivity (Wildman–Crippen MR) is 134 cm³/mol. The highest BCUT2D eigenvalue weighted by atomic mass is 35.5. The summed E-state index contributed by atoms with van der Waals surface area (Å²) >= 11 is 7.50. The molecule has 0 radical (unpaired) electrons. The number of carbonyl (C=O) groups excluding carboxylic acids is 2. The molecule has 0 spiro atoms. The van der Waals surface area contributed by atoms with Crippen LogP contribution in [-0.4, -0.2) is 29.9 Å². The smallest absolute Gasteiger partial charge is 0.262 e. The second-order valence-electron chi connectivity index (χ2n) is 7.19. The van der Waals surface area contributed by atoms with Crippen LogP contribution in [0, 0.1) is 6.92 Å². The molecule has 0 saturated heterocycles. The number of halogens is 1. The summed E-state index contributed by atoms with van der Waals surface area (Å²) in [5.74, 6) is 0.0454. The minimum atomic E-state index is -0.311. The van der Waals surface area contributed by atoms with Crippen LogP contribution in [-0.2, 0) is 9.59 Å². The summed E-state index contributed by atoms with van der Waals surface area (Å²) < 4.78 is 5.50. The van der Waals surface area contributed by atoms with Gasteiger partial charge in [0.05, 0.1) is 22.2 Å². The van der Waals surface area contributed by atoms with Gasteiger partial charge in [0.2, 0.25) is 0 Å². The number of hydrazone groups is 1. The summed E-state index contributed by atoms with van der Waals surface area (Å²) in [6.45, 7) is 3.71. The van der Waals surface area contributed by atoms with E-state index in [-0.39, 0.29) is 23.7 Å². The van der Waals surface area contributed by atoms with E-state index >= 15 is 0 Å². The van der Waals surface area contributed by atoms with Crippen molar-refractivity contribution in [2.45, 2.75) is 24.0 Å². The topological polar surface area (TPSA) is 79.8 Å². The molecule has 0 heterocycles. The van der Waals surface area contributed by atoms with Crippen molar-refractivity contribution < 1.29 is 14.3 Å². The Morgan fingerprint density at radius 1 is 1.06 bits per heavy atom. The lowest BCUT2D eigenvalue weighted by Gasteiger charge is -2.09. The average molecular weight is 482 g/mol. The lowest BCUT2D eigenvalue weighted by Crippen LogP contribution is -2.26. The van der Waals surface area contributed by atoms with Gasteiger partial charge in [-0.2, -0.15) is 5.10 Å². The number of hydrogen-bond acceptors (Lipinski definition) is 5. The van der Waals surface area contributed by atoms with E-state index in [1.54, 1.807) is 54.7 Å². The lowest BCUT2D eigenvalue weighted by molar-refractivity contribution is -0.120. The third-order valence-electron chi connectivity index (χ3n) is 4.49. The second kappa shape index (κ2) is 12.1. The largest absolute Gasteiger partial charge is 0.484 e. The van der Waals surface area contributed by atoms with Crippen LogP contribution in [0.2, 0.25) is 5.02 Å².